The van der Waals surface area contributed by atoms with Crippen LogP contribution >= 0.6 is 11.8 Å². The predicted octanol–water partition coefficient (Wildman–Crippen LogP) is 4.23. The highest BCUT2D eigenvalue weighted by molar-refractivity contribution is 7.99. The van der Waals surface area contributed by atoms with Gasteiger partial charge in [0.2, 0.25) is 5.91 Å². The Morgan fingerprint density at radius 1 is 1.11 bits per heavy atom. The molecule has 0 aliphatic carbocycles. The fourth-order valence-corrected chi connectivity index (χ4v) is 3.71. The lowest BCUT2D eigenvalue weighted by Gasteiger charge is -2.09. The zero-order valence-electron chi connectivity index (χ0n) is 15.0. The molecule has 2 aromatic heterocycles. The summed E-state index contributed by atoms with van der Waals surface area (Å²) in [5, 5.41) is 3.58. The number of furan rings is 1. The second-order valence-corrected chi connectivity index (χ2v) is 7.18. The van der Waals surface area contributed by atoms with Crippen LogP contribution in [0.5, 0.6) is 0 Å². The van der Waals surface area contributed by atoms with Crippen molar-refractivity contribution in [1.82, 2.24) is 14.9 Å². The van der Waals surface area contributed by atoms with Gasteiger partial charge in [-0.3, -0.25) is 4.79 Å². The highest BCUT2D eigenvalue weighted by Crippen LogP contribution is 2.25. The molecular formula is C21H18FN3O2S. The van der Waals surface area contributed by atoms with Gasteiger partial charge < -0.3 is 14.3 Å². The van der Waals surface area contributed by atoms with Crippen molar-refractivity contribution in [1.29, 1.82) is 0 Å². The van der Waals surface area contributed by atoms with Crippen molar-refractivity contribution in [3.05, 3.63) is 84.1 Å². The number of nitrogens with one attached hydrogen (secondary N) is 1. The number of amides is 1. The van der Waals surface area contributed by atoms with Crippen LogP contribution in [0.1, 0.15) is 11.3 Å². The standard InChI is InChI=1S/C21H18FN3O2S/c22-16-9-7-15(8-10-16)13-25-19-6-2-1-5-18(19)24-21(25)28-14-20(26)23-12-17-4-3-11-27-17/h1-11H,12-14H2,(H,23,26). The summed E-state index contributed by atoms with van der Waals surface area (Å²) in [5.41, 5.74) is 2.81. The van der Waals surface area contributed by atoms with E-state index in [1.165, 1.54) is 23.9 Å². The van der Waals surface area contributed by atoms with Gasteiger partial charge in [-0.2, -0.15) is 0 Å². The van der Waals surface area contributed by atoms with Gasteiger partial charge in [0.25, 0.3) is 0 Å². The molecule has 4 rings (SSSR count). The number of hydrogen-bond acceptors (Lipinski definition) is 4. The number of hydrogen-bond donors (Lipinski definition) is 1. The Hall–Kier alpha value is -3.06. The number of aromatic nitrogens is 2. The minimum Gasteiger partial charge on any atom is -0.467 e. The summed E-state index contributed by atoms with van der Waals surface area (Å²) in [4.78, 5) is 16.8. The maximum Gasteiger partial charge on any atom is 0.230 e. The summed E-state index contributed by atoms with van der Waals surface area (Å²) in [6.07, 6.45) is 1.58. The van der Waals surface area contributed by atoms with Crippen molar-refractivity contribution in [2.75, 3.05) is 5.75 Å². The van der Waals surface area contributed by atoms with Gasteiger partial charge in [0, 0.05) is 0 Å². The van der Waals surface area contributed by atoms with Gasteiger partial charge in [0.05, 0.1) is 36.1 Å². The van der Waals surface area contributed by atoms with E-state index >= 15 is 0 Å². The number of carbonyl (C=O) groups excluding carboxylic acids is 1. The third kappa shape index (κ3) is 4.26. The molecule has 1 N–H and O–H groups in total. The summed E-state index contributed by atoms with van der Waals surface area (Å²) >= 11 is 1.38. The van der Waals surface area contributed by atoms with E-state index in [1.54, 1.807) is 24.5 Å². The Labute approximate surface area is 165 Å². The molecule has 0 spiro atoms. The molecule has 0 atom stereocenters. The van der Waals surface area contributed by atoms with Crippen LogP contribution in [0.4, 0.5) is 4.39 Å². The van der Waals surface area contributed by atoms with E-state index in [4.69, 9.17) is 4.42 Å². The summed E-state index contributed by atoms with van der Waals surface area (Å²) in [7, 11) is 0. The molecule has 2 heterocycles. The van der Waals surface area contributed by atoms with Crippen LogP contribution < -0.4 is 5.32 Å². The van der Waals surface area contributed by atoms with E-state index < -0.39 is 0 Å². The SMILES string of the molecule is O=C(CSc1nc2ccccc2n1Cc1ccc(F)cc1)NCc1ccco1. The lowest BCUT2D eigenvalue weighted by molar-refractivity contribution is -0.118. The average molecular weight is 395 g/mol. The smallest absolute Gasteiger partial charge is 0.230 e. The molecule has 0 aliphatic heterocycles. The van der Waals surface area contributed by atoms with E-state index in [0.717, 1.165) is 21.8 Å². The summed E-state index contributed by atoms with van der Waals surface area (Å²) in [6, 6.07) is 17.8. The van der Waals surface area contributed by atoms with E-state index in [-0.39, 0.29) is 17.5 Å². The molecule has 0 saturated carbocycles. The van der Waals surface area contributed by atoms with Gasteiger partial charge in [0.1, 0.15) is 11.6 Å². The second kappa shape index (κ2) is 8.31. The average Bonchev–Trinajstić information content (AvgIpc) is 3.35. The van der Waals surface area contributed by atoms with Crippen LogP contribution in [0.15, 0.2) is 76.5 Å². The number of thioether (sulfide) groups is 1. The largest absolute Gasteiger partial charge is 0.467 e. The van der Waals surface area contributed by atoms with E-state index in [9.17, 15) is 9.18 Å². The fraction of sp³-hybridized carbons (Fsp3) is 0.143. The number of rotatable bonds is 7. The van der Waals surface area contributed by atoms with Crippen LogP contribution in [-0.4, -0.2) is 21.2 Å². The van der Waals surface area contributed by atoms with E-state index in [2.05, 4.69) is 10.3 Å². The van der Waals surface area contributed by atoms with Gasteiger partial charge in [-0.25, -0.2) is 9.37 Å². The normalized spacial score (nSPS) is 11.0. The molecule has 0 bridgehead atoms. The zero-order chi connectivity index (χ0) is 19.3. The van der Waals surface area contributed by atoms with Crippen LogP contribution in [-0.2, 0) is 17.9 Å². The lowest BCUT2D eigenvalue weighted by Crippen LogP contribution is -2.24. The minimum atomic E-state index is -0.262. The first-order valence-corrected chi connectivity index (χ1v) is 9.79. The summed E-state index contributed by atoms with van der Waals surface area (Å²) < 4.78 is 20.5. The highest BCUT2D eigenvalue weighted by atomic mass is 32.2. The third-order valence-corrected chi connectivity index (χ3v) is 5.22. The molecule has 7 heteroatoms. The highest BCUT2D eigenvalue weighted by Gasteiger charge is 2.13. The molecular weight excluding hydrogens is 377 g/mol. The molecule has 0 saturated heterocycles. The Morgan fingerprint density at radius 3 is 2.71 bits per heavy atom. The zero-order valence-corrected chi connectivity index (χ0v) is 15.8. The number of imidazole rings is 1. The quantitative estimate of drug-likeness (QED) is 0.476. The molecule has 5 nitrogen and oxygen atoms in total. The molecule has 28 heavy (non-hydrogen) atoms. The molecule has 142 valence electrons. The number of benzene rings is 2. The summed E-state index contributed by atoms with van der Waals surface area (Å²) in [5.74, 6) is 0.596. The molecule has 0 aliphatic rings. The maximum atomic E-state index is 13.2. The molecule has 4 aromatic rings. The van der Waals surface area contributed by atoms with Gasteiger partial charge >= 0.3 is 0 Å². The third-order valence-electron chi connectivity index (χ3n) is 4.25. The molecule has 1 amide bonds. The van der Waals surface area contributed by atoms with Crippen LogP contribution in [0, 0.1) is 5.82 Å². The maximum absolute atomic E-state index is 13.2. The fourth-order valence-electron chi connectivity index (χ4n) is 2.87. The summed E-state index contributed by atoms with van der Waals surface area (Å²) in [6.45, 7) is 0.912. The van der Waals surface area contributed by atoms with Gasteiger partial charge in [-0.05, 0) is 42.0 Å². The van der Waals surface area contributed by atoms with Crippen molar-refractivity contribution in [3.8, 4) is 0 Å². The van der Waals surface area contributed by atoms with Crippen molar-refractivity contribution >= 4 is 28.7 Å². The van der Waals surface area contributed by atoms with Crippen molar-refractivity contribution in [3.63, 3.8) is 0 Å². The minimum absolute atomic E-state index is 0.0956. The van der Waals surface area contributed by atoms with Crippen LogP contribution in [0.3, 0.4) is 0 Å². The van der Waals surface area contributed by atoms with Gasteiger partial charge in [-0.1, -0.05) is 36.0 Å². The van der Waals surface area contributed by atoms with Crippen LogP contribution in [0.25, 0.3) is 11.0 Å². The molecule has 0 fully saturated rings. The van der Waals surface area contributed by atoms with Gasteiger partial charge in [0.15, 0.2) is 5.16 Å². The first-order chi connectivity index (χ1) is 13.7. The number of para-hydroxylation sites is 2. The number of nitrogens with zero attached hydrogens (tertiary/aromatic N) is 2. The molecule has 0 unspecified atom stereocenters. The predicted molar refractivity (Wildman–Crippen MR) is 107 cm³/mol. The van der Waals surface area contributed by atoms with E-state index in [1.807, 2.05) is 34.9 Å². The Bertz CT molecular complexity index is 1070. The number of halogens is 1. The number of carbonyl (C=O) groups is 1. The van der Waals surface area contributed by atoms with E-state index in [0.29, 0.717) is 18.8 Å². The first-order valence-electron chi connectivity index (χ1n) is 8.80. The monoisotopic (exact) mass is 395 g/mol. The Morgan fingerprint density at radius 2 is 1.93 bits per heavy atom. The topological polar surface area (TPSA) is 60.1 Å². The molecule has 2 aromatic carbocycles. The molecule has 0 radical (unpaired) electrons. The van der Waals surface area contributed by atoms with Crippen LogP contribution in [0.2, 0.25) is 0 Å². The van der Waals surface area contributed by atoms with Gasteiger partial charge in [-0.15, -0.1) is 0 Å². The first kappa shape index (κ1) is 18.3. The second-order valence-electron chi connectivity index (χ2n) is 6.24. The lowest BCUT2D eigenvalue weighted by atomic mass is 10.2. The Balaban J connectivity index is 1.49. The van der Waals surface area contributed by atoms with Crippen molar-refractivity contribution in [2.24, 2.45) is 0 Å². The van der Waals surface area contributed by atoms with Crippen molar-refractivity contribution in [2.45, 2.75) is 18.2 Å². The number of fused-ring (bicyclic) bond motifs is 1. The Kier molecular flexibility index (Phi) is 5.43. The van der Waals surface area contributed by atoms with Crippen molar-refractivity contribution < 1.29 is 13.6 Å².